The Bertz CT molecular complexity index is 1000. The second-order valence-electron chi connectivity index (χ2n) is 6.39. The number of anilines is 1. The van der Waals surface area contributed by atoms with Crippen LogP contribution < -0.4 is 10.1 Å². The van der Waals surface area contributed by atoms with Gasteiger partial charge in [-0.15, -0.1) is 11.8 Å². The molecule has 1 heterocycles. The summed E-state index contributed by atoms with van der Waals surface area (Å²) in [4.78, 5) is 1.04. The van der Waals surface area contributed by atoms with Crippen molar-refractivity contribution in [2.24, 2.45) is 0 Å². The van der Waals surface area contributed by atoms with Crippen LogP contribution in [0.1, 0.15) is 23.3 Å². The van der Waals surface area contributed by atoms with Crippen molar-refractivity contribution in [2.75, 3.05) is 11.9 Å². The van der Waals surface area contributed by atoms with Gasteiger partial charge in [0.15, 0.2) is 0 Å². The van der Waals surface area contributed by atoms with Gasteiger partial charge in [-0.2, -0.15) is 0 Å². The molecule has 142 valence electrons. The Balaban J connectivity index is 1.78. The molecule has 0 amide bonds. The number of hydrogen-bond acceptors (Lipinski definition) is 3. The molecule has 28 heavy (non-hydrogen) atoms. The van der Waals surface area contributed by atoms with Gasteiger partial charge in [-0.3, -0.25) is 0 Å². The van der Waals surface area contributed by atoms with Crippen molar-refractivity contribution in [3.8, 4) is 5.75 Å². The number of thioether (sulfide) groups is 1. The molecule has 1 unspecified atom stereocenters. The fourth-order valence-corrected chi connectivity index (χ4v) is 4.28. The van der Waals surface area contributed by atoms with E-state index in [9.17, 15) is 8.78 Å². The van der Waals surface area contributed by atoms with Gasteiger partial charge in [-0.25, -0.2) is 8.78 Å². The van der Waals surface area contributed by atoms with Gasteiger partial charge in [0.2, 0.25) is 0 Å². The predicted octanol–water partition coefficient (Wildman–Crippen LogP) is 6.66. The number of rotatable bonds is 4. The summed E-state index contributed by atoms with van der Waals surface area (Å²) in [6.07, 6.45) is 2.09. The van der Waals surface area contributed by atoms with Crippen LogP contribution in [-0.4, -0.2) is 6.61 Å². The first kappa shape index (κ1) is 18.6. The summed E-state index contributed by atoms with van der Waals surface area (Å²) in [5, 5.41) is 3.43. The molecule has 0 bridgehead atoms. The topological polar surface area (TPSA) is 21.3 Å². The van der Waals surface area contributed by atoms with Crippen LogP contribution in [0.3, 0.4) is 0 Å². The molecule has 1 aliphatic heterocycles. The SMILES string of the molecule is CCOc1ccc2c(c1)SC(c1ccc(F)cc1)C=C(c1ccc(F)cc1)N2. The van der Waals surface area contributed by atoms with Crippen LogP contribution in [-0.2, 0) is 0 Å². The van der Waals surface area contributed by atoms with E-state index in [4.69, 9.17) is 4.74 Å². The first-order chi connectivity index (χ1) is 13.6. The molecular formula is C23H19F2NOS. The molecule has 0 spiro atoms. The highest BCUT2D eigenvalue weighted by Crippen LogP contribution is 2.45. The summed E-state index contributed by atoms with van der Waals surface area (Å²) < 4.78 is 32.4. The predicted molar refractivity (Wildman–Crippen MR) is 111 cm³/mol. The van der Waals surface area contributed by atoms with Crippen LogP contribution >= 0.6 is 11.8 Å². The van der Waals surface area contributed by atoms with E-state index in [1.54, 1.807) is 36.0 Å². The summed E-state index contributed by atoms with van der Waals surface area (Å²) in [5.41, 5.74) is 3.71. The summed E-state index contributed by atoms with van der Waals surface area (Å²) in [6, 6.07) is 18.8. The Morgan fingerprint density at radius 2 is 1.61 bits per heavy atom. The van der Waals surface area contributed by atoms with Crippen molar-refractivity contribution in [3.63, 3.8) is 0 Å². The molecule has 0 radical (unpaired) electrons. The van der Waals surface area contributed by atoms with Crippen LogP contribution in [0.5, 0.6) is 5.75 Å². The lowest BCUT2D eigenvalue weighted by Gasteiger charge is -2.14. The van der Waals surface area contributed by atoms with E-state index in [-0.39, 0.29) is 16.9 Å². The minimum atomic E-state index is -0.274. The molecule has 3 aromatic carbocycles. The lowest BCUT2D eigenvalue weighted by Crippen LogP contribution is -2.00. The van der Waals surface area contributed by atoms with Gasteiger partial charge in [-0.05, 0) is 66.6 Å². The molecular weight excluding hydrogens is 376 g/mol. The monoisotopic (exact) mass is 395 g/mol. The fourth-order valence-electron chi connectivity index (χ4n) is 3.08. The van der Waals surface area contributed by atoms with Gasteiger partial charge in [0.25, 0.3) is 0 Å². The van der Waals surface area contributed by atoms with Crippen LogP contribution in [0.15, 0.2) is 77.7 Å². The lowest BCUT2D eigenvalue weighted by atomic mass is 10.1. The Morgan fingerprint density at radius 3 is 2.29 bits per heavy atom. The van der Waals surface area contributed by atoms with Crippen LogP contribution in [0.2, 0.25) is 0 Å². The van der Waals surface area contributed by atoms with Crippen molar-refractivity contribution in [1.29, 1.82) is 0 Å². The minimum absolute atomic E-state index is 0.0359. The Morgan fingerprint density at radius 1 is 0.929 bits per heavy atom. The number of halogens is 2. The lowest BCUT2D eigenvalue weighted by molar-refractivity contribution is 0.339. The molecule has 1 aliphatic rings. The number of hydrogen-bond donors (Lipinski definition) is 1. The highest BCUT2D eigenvalue weighted by Gasteiger charge is 2.20. The quantitative estimate of drug-likeness (QED) is 0.533. The Hall–Kier alpha value is -2.79. The van der Waals surface area contributed by atoms with Crippen LogP contribution in [0.4, 0.5) is 14.5 Å². The molecule has 0 aromatic heterocycles. The van der Waals surface area contributed by atoms with E-state index < -0.39 is 0 Å². The van der Waals surface area contributed by atoms with Crippen LogP contribution in [0, 0.1) is 11.6 Å². The average Bonchev–Trinajstić information content (AvgIpc) is 2.89. The summed E-state index contributed by atoms with van der Waals surface area (Å²) in [6.45, 7) is 2.55. The maximum absolute atomic E-state index is 13.4. The second-order valence-corrected chi connectivity index (χ2v) is 7.58. The van der Waals surface area contributed by atoms with E-state index in [2.05, 4.69) is 11.4 Å². The zero-order valence-electron chi connectivity index (χ0n) is 15.3. The van der Waals surface area contributed by atoms with Crippen molar-refractivity contribution < 1.29 is 13.5 Å². The smallest absolute Gasteiger partial charge is 0.123 e. The molecule has 0 saturated heterocycles. The molecule has 1 N–H and O–H groups in total. The summed E-state index contributed by atoms with van der Waals surface area (Å²) in [7, 11) is 0. The van der Waals surface area contributed by atoms with Gasteiger partial charge in [0.05, 0.1) is 17.5 Å². The molecule has 4 rings (SSSR count). The third-order valence-corrected chi connectivity index (χ3v) is 5.71. The van der Waals surface area contributed by atoms with Gasteiger partial charge in [0.1, 0.15) is 17.4 Å². The standard InChI is InChI=1S/C23H19F2NOS/c1-2-27-19-11-12-20-23(13-19)28-22(16-5-9-18(25)10-6-16)14-21(26-20)15-3-7-17(24)8-4-15/h3-14,22,26H,2H2,1H3. The zero-order valence-corrected chi connectivity index (χ0v) is 16.1. The van der Waals surface area contributed by atoms with E-state index in [1.165, 1.54) is 24.3 Å². The van der Waals surface area contributed by atoms with Crippen molar-refractivity contribution in [1.82, 2.24) is 0 Å². The Kier molecular flexibility index (Phi) is 5.35. The van der Waals surface area contributed by atoms with E-state index in [0.29, 0.717) is 6.61 Å². The van der Waals surface area contributed by atoms with E-state index in [0.717, 1.165) is 33.2 Å². The number of ether oxygens (including phenoxy) is 1. The number of nitrogens with one attached hydrogen (secondary N) is 1. The fraction of sp³-hybridized carbons (Fsp3) is 0.130. The normalized spacial score (nSPS) is 15.8. The van der Waals surface area contributed by atoms with Crippen molar-refractivity contribution in [2.45, 2.75) is 17.1 Å². The molecule has 3 aromatic rings. The summed E-state index contributed by atoms with van der Waals surface area (Å²) in [5.74, 6) is 0.269. The van der Waals surface area contributed by atoms with Crippen molar-refractivity contribution >= 4 is 23.1 Å². The van der Waals surface area contributed by atoms with Gasteiger partial charge in [0, 0.05) is 10.6 Å². The third kappa shape index (κ3) is 4.04. The molecule has 0 saturated carbocycles. The first-order valence-electron chi connectivity index (χ1n) is 9.06. The highest BCUT2D eigenvalue weighted by atomic mass is 32.2. The molecule has 5 heteroatoms. The number of fused-ring (bicyclic) bond motifs is 1. The largest absolute Gasteiger partial charge is 0.494 e. The minimum Gasteiger partial charge on any atom is -0.494 e. The van der Waals surface area contributed by atoms with Crippen LogP contribution in [0.25, 0.3) is 5.70 Å². The molecule has 0 aliphatic carbocycles. The van der Waals surface area contributed by atoms with E-state index in [1.807, 2.05) is 25.1 Å². The second kappa shape index (κ2) is 8.07. The van der Waals surface area contributed by atoms with E-state index >= 15 is 0 Å². The first-order valence-corrected chi connectivity index (χ1v) is 9.94. The maximum atomic E-state index is 13.4. The average molecular weight is 395 g/mol. The zero-order chi connectivity index (χ0) is 19.5. The highest BCUT2D eigenvalue weighted by molar-refractivity contribution is 7.99. The van der Waals surface area contributed by atoms with Crippen molar-refractivity contribution in [3.05, 3.63) is 95.6 Å². The third-order valence-electron chi connectivity index (χ3n) is 4.46. The molecule has 0 fully saturated rings. The van der Waals surface area contributed by atoms with Gasteiger partial charge in [-0.1, -0.05) is 24.3 Å². The molecule has 2 nitrogen and oxygen atoms in total. The Labute approximate surface area is 167 Å². The summed E-state index contributed by atoms with van der Waals surface area (Å²) >= 11 is 1.66. The maximum Gasteiger partial charge on any atom is 0.123 e. The molecule has 1 atom stereocenters. The number of benzene rings is 3. The van der Waals surface area contributed by atoms with Gasteiger partial charge < -0.3 is 10.1 Å². The van der Waals surface area contributed by atoms with Gasteiger partial charge >= 0.3 is 0 Å².